The molecular formula is C14H15NO3. The van der Waals surface area contributed by atoms with E-state index in [1.165, 1.54) is 0 Å². The van der Waals surface area contributed by atoms with Gasteiger partial charge in [0, 0.05) is 11.5 Å². The number of aldehydes is 1. The molecule has 1 aliphatic rings. The first kappa shape index (κ1) is 12.5. The number of benzene rings is 1. The maximum absolute atomic E-state index is 11.8. The van der Waals surface area contributed by atoms with Crippen LogP contribution in [-0.2, 0) is 9.59 Å². The van der Waals surface area contributed by atoms with Crippen LogP contribution in [-0.4, -0.2) is 18.0 Å². The Labute approximate surface area is 105 Å². The third-order valence-corrected chi connectivity index (χ3v) is 3.29. The minimum absolute atomic E-state index is 0.145. The SMILES string of the molecule is O=Cc1ccccc1NC(=O)C(=O)C1CCCC1. The van der Waals surface area contributed by atoms with E-state index < -0.39 is 5.91 Å². The molecule has 1 saturated carbocycles. The van der Waals surface area contributed by atoms with Crippen molar-refractivity contribution in [2.45, 2.75) is 25.7 Å². The van der Waals surface area contributed by atoms with Gasteiger partial charge in [0.15, 0.2) is 6.29 Å². The van der Waals surface area contributed by atoms with E-state index in [2.05, 4.69) is 5.32 Å². The second-order valence-corrected chi connectivity index (χ2v) is 4.50. The lowest BCUT2D eigenvalue weighted by Crippen LogP contribution is -2.28. The van der Waals surface area contributed by atoms with Gasteiger partial charge in [-0.25, -0.2) is 0 Å². The molecule has 0 bridgehead atoms. The van der Waals surface area contributed by atoms with Gasteiger partial charge in [0.25, 0.3) is 5.91 Å². The van der Waals surface area contributed by atoms with E-state index in [9.17, 15) is 14.4 Å². The molecule has 0 saturated heterocycles. The number of hydrogen-bond donors (Lipinski definition) is 1. The fraction of sp³-hybridized carbons (Fsp3) is 0.357. The molecular weight excluding hydrogens is 230 g/mol. The molecule has 0 spiro atoms. The summed E-state index contributed by atoms with van der Waals surface area (Å²) in [6.07, 6.45) is 4.27. The number of carbonyl (C=O) groups is 3. The van der Waals surface area contributed by atoms with Crippen molar-refractivity contribution in [1.82, 2.24) is 0 Å². The molecule has 1 amide bonds. The Bertz CT molecular complexity index is 476. The minimum Gasteiger partial charge on any atom is -0.319 e. The Morgan fingerprint density at radius 3 is 2.50 bits per heavy atom. The highest BCUT2D eigenvalue weighted by atomic mass is 16.2. The minimum atomic E-state index is -0.615. The molecule has 0 atom stereocenters. The van der Waals surface area contributed by atoms with Gasteiger partial charge >= 0.3 is 0 Å². The highest BCUT2D eigenvalue weighted by molar-refractivity contribution is 6.41. The van der Waals surface area contributed by atoms with E-state index in [0.717, 1.165) is 25.7 Å². The normalized spacial score (nSPS) is 15.3. The van der Waals surface area contributed by atoms with Crippen LogP contribution in [0.2, 0.25) is 0 Å². The van der Waals surface area contributed by atoms with E-state index in [4.69, 9.17) is 0 Å². The summed E-state index contributed by atoms with van der Waals surface area (Å²) in [6.45, 7) is 0. The molecule has 0 aromatic heterocycles. The Kier molecular flexibility index (Phi) is 3.87. The molecule has 1 N–H and O–H groups in total. The van der Waals surface area contributed by atoms with Crippen molar-refractivity contribution in [2.75, 3.05) is 5.32 Å². The Balaban J connectivity index is 2.06. The van der Waals surface area contributed by atoms with Gasteiger partial charge in [0.05, 0.1) is 5.69 Å². The van der Waals surface area contributed by atoms with E-state index in [0.29, 0.717) is 17.5 Å². The monoisotopic (exact) mass is 245 g/mol. The number of ketones is 1. The van der Waals surface area contributed by atoms with Crippen molar-refractivity contribution in [3.8, 4) is 0 Å². The lowest BCUT2D eigenvalue weighted by atomic mass is 10.0. The van der Waals surface area contributed by atoms with Crippen molar-refractivity contribution in [3.63, 3.8) is 0 Å². The van der Waals surface area contributed by atoms with Gasteiger partial charge in [0.1, 0.15) is 0 Å². The highest BCUT2D eigenvalue weighted by Gasteiger charge is 2.28. The first-order valence-corrected chi connectivity index (χ1v) is 6.12. The molecule has 18 heavy (non-hydrogen) atoms. The van der Waals surface area contributed by atoms with Crippen molar-refractivity contribution in [1.29, 1.82) is 0 Å². The van der Waals surface area contributed by atoms with Crippen molar-refractivity contribution >= 4 is 23.7 Å². The van der Waals surface area contributed by atoms with Gasteiger partial charge in [-0.2, -0.15) is 0 Å². The second-order valence-electron chi connectivity index (χ2n) is 4.50. The van der Waals surface area contributed by atoms with Crippen molar-refractivity contribution < 1.29 is 14.4 Å². The smallest absolute Gasteiger partial charge is 0.292 e. The molecule has 94 valence electrons. The van der Waals surface area contributed by atoms with Crippen LogP contribution in [0.5, 0.6) is 0 Å². The standard InChI is InChI=1S/C14H15NO3/c16-9-11-7-3-4-8-12(11)15-14(18)13(17)10-5-1-2-6-10/h3-4,7-10H,1-2,5-6H2,(H,15,18). The lowest BCUT2D eigenvalue weighted by molar-refractivity contribution is -0.137. The summed E-state index contributed by atoms with van der Waals surface area (Å²) in [7, 11) is 0. The number of nitrogens with one attached hydrogen (secondary N) is 1. The molecule has 1 fully saturated rings. The molecule has 4 nitrogen and oxygen atoms in total. The zero-order valence-corrected chi connectivity index (χ0v) is 10.0. The third-order valence-electron chi connectivity index (χ3n) is 3.29. The van der Waals surface area contributed by atoms with Gasteiger partial charge in [-0.3, -0.25) is 14.4 Å². The summed E-state index contributed by atoms with van der Waals surface area (Å²) in [5.41, 5.74) is 0.772. The molecule has 2 rings (SSSR count). The molecule has 0 unspecified atom stereocenters. The van der Waals surface area contributed by atoms with Gasteiger partial charge in [-0.05, 0) is 25.0 Å². The Morgan fingerprint density at radius 1 is 1.17 bits per heavy atom. The van der Waals surface area contributed by atoms with Crippen molar-refractivity contribution in [3.05, 3.63) is 29.8 Å². The summed E-state index contributed by atoms with van der Waals surface area (Å²) in [6, 6.07) is 6.63. The van der Waals surface area contributed by atoms with E-state index >= 15 is 0 Å². The van der Waals surface area contributed by atoms with Crippen LogP contribution in [0.3, 0.4) is 0 Å². The van der Waals surface area contributed by atoms with Crippen LogP contribution in [0.15, 0.2) is 24.3 Å². The number of amides is 1. The summed E-state index contributed by atoms with van der Waals surface area (Å²) in [5, 5.41) is 2.52. The molecule has 1 aliphatic carbocycles. The fourth-order valence-electron chi connectivity index (χ4n) is 2.27. The number of hydrogen-bond acceptors (Lipinski definition) is 3. The maximum Gasteiger partial charge on any atom is 0.292 e. The molecule has 4 heteroatoms. The van der Waals surface area contributed by atoms with Gasteiger partial charge in [-0.15, -0.1) is 0 Å². The topological polar surface area (TPSA) is 63.2 Å². The average molecular weight is 245 g/mol. The van der Waals surface area contributed by atoms with Crippen LogP contribution < -0.4 is 5.32 Å². The number of carbonyl (C=O) groups excluding carboxylic acids is 3. The first-order valence-electron chi connectivity index (χ1n) is 6.12. The molecule has 0 aliphatic heterocycles. The summed E-state index contributed by atoms with van der Waals surface area (Å²) >= 11 is 0. The van der Waals surface area contributed by atoms with Crippen LogP contribution in [0, 0.1) is 5.92 Å². The summed E-state index contributed by atoms with van der Waals surface area (Å²) < 4.78 is 0. The third kappa shape index (κ3) is 2.64. The summed E-state index contributed by atoms with van der Waals surface area (Å²) in [5.74, 6) is -1.13. The van der Waals surface area contributed by atoms with Gasteiger partial charge < -0.3 is 5.32 Å². The Hall–Kier alpha value is -1.97. The van der Waals surface area contributed by atoms with E-state index in [1.54, 1.807) is 24.3 Å². The number of rotatable bonds is 4. The lowest BCUT2D eigenvalue weighted by Gasteiger charge is -2.09. The van der Waals surface area contributed by atoms with Crippen LogP contribution in [0.25, 0.3) is 0 Å². The van der Waals surface area contributed by atoms with Crippen LogP contribution in [0.1, 0.15) is 36.0 Å². The largest absolute Gasteiger partial charge is 0.319 e. The van der Waals surface area contributed by atoms with Crippen molar-refractivity contribution in [2.24, 2.45) is 5.92 Å². The van der Waals surface area contributed by atoms with Crippen LogP contribution in [0.4, 0.5) is 5.69 Å². The first-order chi connectivity index (χ1) is 8.72. The zero-order chi connectivity index (χ0) is 13.0. The van der Waals surface area contributed by atoms with E-state index in [1.807, 2.05) is 0 Å². The second kappa shape index (κ2) is 5.58. The summed E-state index contributed by atoms with van der Waals surface area (Å²) in [4.78, 5) is 34.4. The maximum atomic E-state index is 11.8. The number of anilines is 1. The fourth-order valence-corrected chi connectivity index (χ4v) is 2.27. The zero-order valence-electron chi connectivity index (χ0n) is 10.0. The van der Waals surface area contributed by atoms with Gasteiger partial charge in [-0.1, -0.05) is 25.0 Å². The molecule has 0 heterocycles. The van der Waals surface area contributed by atoms with Crippen LogP contribution >= 0.6 is 0 Å². The van der Waals surface area contributed by atoms with E-state index in [-0.39, 0.29) is 11.7 Å². The predicted molar refractivity (Wildman–Crippen MR) is 67.4 cm³/mol. The number of para-hydroxylation sites is 1. The Morgan fingerprint density at radius 2 is 1.83 bits per heavy atom. The molecule has 0 radical (unpaired) electrons. The van der Waals surface area contributed by atoms with Gasteiger partial charge in [0.2, 0.25) is 5.78 Å². The molecule has 1 aromatic carbocycles. The number of Topliss-reactive ketones (excluding diaryl/α,β-unsaturated/α-hetero) is 1. The quantitative estimate of drug-likeness (QED) is 0.653. The predicted octanol–water partition coefficient (Wildman–Crippen LogP) is 2.20. The average Bonchev–Trinajstić information content (AvgIpc) is 2.92. The molecule has 1 aromatic rings. The highest BCUT2D eigenvalue weighted by Crippen LogP contribution is 2.26.